The Labute approximate surface area is 233 Å². The number of carbonyl (C=O) groups is 4. The number of hydrogen-bond acceptors (Lipinski definition) is 6. The minimum Gasteiger partial charge on any atom is -0.466 e. The monoisotopic (exact) mass is 542 g/mol. The predicted octanol–water partition coefficient (Wildman–Crippen LogP) is 4.74. The molecule has 1 unspecified atom stereocenters. The standard InChI is InChI=1S/C31H46N2O6/c1-6-38-27(35)22-12-14-25(15-13-22)33-29(37)31(16-7-8-17-31)20-24(28(36)39-30(2,3)4)19-21-10-9-11-23(18-21)26(34)32-5/h9-11,18,22,24-25H,6-8,12-17,19-20H2,1-5H3,(H,32,34)(H,33,37). The maximum atomic E-state index is 13.8. The van der Waals surface area contributed by atoms with Crippen LogP contribution in [0.3, 0.4) is 0 Å². The highest BCUT2D eigenvalue weighted by Crippen LogP contribution is 2.45. The van der Waals surface area contributed by atoms with Crippen molar-refractivity contribution >= 4 is 23.8 Å². The van der Waals surface area contributed by atoms with E-state index in [-0.39, 0.29) is 35.7 Å². The fraction of sp³-hybridized carbons (Fsp3) is 0.677. The molecular formula is C31H46N2O6. The van der Waals surface area contributed by atoms with Crippen molar-refractivity contribution in [2.45, 2.75) is 104 Å². The largest absolute Gasteiger partial charge is 0.466 e. The molecule has 0 saturated heterocycles. The van der Waals surface area contributed by atoms with Crippen LogP contribution in [-0.4, -0.2) is 49.1 Å². The van der Waals surface area contributed by atoms with E-state index in [9.17, 15) is 19.2 Å². The Balaban J connectivity index is 1.76. The molecule has 0 heterocycles. The molecule has 1 aromatic rings. The zero-order valence-corrected chi connectivity index (χ0v) is 24.3. The summed E-state index contributed by atoms with van der Waals surface area (Å²) in [5.74, 6) is -1.26. The average Bonchev–Trinajstić information content (AvgIpc) is 3.37. The summed E-state index contributed by atoms with van der Waals surface area (Å²) >= 11 is 0. The molecule has 2 saturated carbocycles. The molecule has 2 N–H and O–H groups in total. The lowest BCUT2D eigenvalue weighted by Crippen LogP contribution is -2.47. The van der Waals surface area contributed by atoms with Gasteiger partial charge in [0.1, 0.15) is 5.60 Å². The van der Waals surface area contributed by atoms with E-state index in [1.807, 2.05) is 39.8 Å². The molecule has 8 nitrogen and oxygen atoms in total. The van der Waals surface area contributed by atoms with Crippen LogP contribution in [0.15, 0.2) is 24.3 Å². The van der Waals surface area contributed by atoms with E-state index in [1.54, 1.807) is 19.2 Å². The predicted molar refractivity (Wildman–Crippen MR) is 149 cm³/mol. The number of esters is 2. The second-order valence-corrected chi connectivity index (χ2v) is 12.2. The lowest BCUT2D eigenvalue weighted by Gasteiger charge is -2.35. The van der Waals surface area contributed by atoms with E-state index < -0.39 is 16.9 Å². The van der Waals surface area contributed by atoms with Gasteiger partial charge in [-0.25, -0.2) is 0 Å². The summed E-state index contributed by atoms with van der Waals surface area (Å²) < 4.78 is 11.0. The first-order chi connectivity index (χ1) is 18.5. The summed E-state index contributed by atoms with van der Waals surface area (Å²) in [6.07, 6.45) is 7.03. The summed E-state index contributed by atoms with van der Waals surface area (Å²) in [5.41, 5.74) is 0.0994. The molecular weight excluding hydrogens is 496 g/mol. The van der Waals surface area contributed by atoms with Crippen LogP contribution in [0.5, 0.6) is 0 Å². The molecule has 2 aliphatic carbocycles. The van der Waals surface area contributed by atoms with Crippen LogP contribution in [0, 0.1) is 17.3 Å². The number of nitrogens with one attached hydrogen (secondary N) is 2. The van der Waals surface area contributed by atoms with Crippen LogP contribution in [-0.2, 0) is 30.3 Å². The van der Waals surface area contributed by atoms with Crippen LogP contribution in [0.1, 0.15) is 101 Å². The Kier molecular flexibility index (Phi) is 10.6. The summed E-state index contributed by atoms with van der Waals surface area (Å²) in [6, 6.07) is 7.29. The highest BCUT2D eigenvalue weighted by Gasteiger charge is 2.45. The molecule has 1 aromatic carbocycles. The van der Waals surface area contributed by atoms with Crippen molar-refractivity contribution in [2.75, 3.05) is 13.7 Å². The van der Waals surface area contributed by atoms with Gasteiger partial charge in [-0.05, 0) is 96.8 Å². The third kappa shape index (κ3) is 8.54. The number of carbonyl (C=O) groups excluding carboxylic acids is 4. The first-order valence-electron chi connectivity index (χ1n) is 14.5. The van der Waals surface area contributed by atoms with E-state index in [0.29, 0.717) is 37.9 Å². The van der Waals surface area contributed by atoms with Gasteiger partial charge in [0.2, 0.25) is 5.91 Å². The maximum absolute atomic E-state index is 13.8. The molecule has 0 radical (unpaired) electrons. The molecule has 2 amide bonds. The quantitative estimate of drug-likeness (QED) is 0.414. The molecule has 0 spiro atoms. The van der Waals surface area contributed by atoms with E-state index in [2.05, 4.69) is 10.6 Å². The Bertz CT molecular complexity index is 1020. The first kappa shape index (κ1) is 30.6. The van der Waals surface area contributed by atoms with Gasteiger partial charge in [0.25, 0.3) is 5.91 Å². The van der Waals surface area contributed by atoms with Crippen molar-refractivity contribution in [3.63, 3.8) is 0 Å². The van der Waals surface area contributed by atoms with Crippen molar-refractivity contribution < 1.29 is 28.7 Å². The molecule has 0 aromatic heterocycles. The van der Waals surface area contributed by atoms with Gasteiger partial charge in [-0.15, -0.1) is 0 Å². The minimum atomic E-state index is -0.651. The van der Waals surface area contributed by atoms with Gasteiger partial charge in [0, 0.05) is 18.7 Å². The summed E-state index contributed by atoms with van der Waals surface area (Å²) in [6.45, 7) is 7.73. The average molecular weight is 543 g/mol. The molecule has 1 atom stereocenters. The Hall–Kier alpha value is -2.90. The van der Waals surface area contributed by atoms with Crippen LogP contribution in [0.4, 0.5) is 0 Å². The zero-order chi connectivity index (χ0) is 28.6. The second-order valence-electron chi connectivity index (χ2n) is 12.2. The van der Waals surface area contributed by atoms with Crippen LogP contribution in [0.2, 0.25) is 0 Å². The van der Waals surface area contributed by atoms with E-state index in [0.717, 1.165) is 44.1 Å². The van der Waals surface area contributed by atoms with Crippen molar-refractivity contribution in [1.29, 1.82) is 0 Å². The van der Waals surface area contributed by atoms with Gasteiger partial charge >= 0.3 is 11.9 Å². The third-order valence-corrected chi connectivity index (χ3v) is 8.00. The van der Waals surface area contributed by atoms with E-state index in [4.69, 9.17) is 9.47 Å². The van der Waals surface area contributed by atoms with Gasteiger partial charge in [0.15, 0.2) is 0 Å². The topological polar surface area (TPSA) is 111 Å². The molecule has 216 valence electrons. The highest BCUT2D eigenvalue weighted by atomic mass is 16.6. The lowest BCUT2D eigenvalue weighted by molar-refractivity contribution is -0.161. The molecule has 39 heavy (non-hydrogen) atoms. The fourth-order valence-electron chi connectivity index (χ4n) is 6.01. The van der Waals surface area contributed by atoms with Gasteiger partial charge in [-0.1, -0.05) is 25.0 Å². The lowest BCUT2D eigenvalue weighted by atomic mass is 9.74. The fourth-order valence-corrected chi connectivity index (χ4v) is 6.01. The molecule has 0 bridgehead atoms. The van der Waals surface area contributed by atoms with E-state index in [1.165, 1.54) is 0 Å². The smallest absolute Gasteiger partial charge is 0.309 e. The number of ether oxygens (including phenoxy) is 2. The first-order valence-corrected chi connectivity index (χ1v) is 14.5. The van der Waals surface area contributed by atoms with Crippen molar-refractivity contribution in [3.8, 4) is 0 Å². The summed E-state index contributed by atoms with van der Waals surface area (Å²) in [5, 5.41) is 5.93. The molecule has 3 rings (SSSR count). The van der Waals surface area contributed by atoms with Crippen LogP contribution in [0.25, 0.3) is 0 Å². The molecule has 2 aliphatic rings. The summed E-state index contributed by atoms with van der Waals surface area (Å²) in [7, 11) is 1.59. The normalized spacial score (nSPS) is 21.5. The Morgan fingerprint density at radius 1 is 1.05 bits per heavy atom. The second kappa shape index (κ2) is 13.4. The zero-order valence-electron chi connectivity index (χ0n) is 24.3. The van der Waals surface area contributed by atoms with Gasteiger partial charge in [-0.3, -0.25) is 19.2 Å². The van der Waals surface area contributed by atoms with Gasteiger partial charge in [-0.2, -0.15) is 0 Å². The van der Waals surface area contributed by atoms with Crippen molar-refractivity contribution in [3.05, 3.63) is 35.4 Å². The van der Waals surface area contributed by atoms with Gasteiger partial charge < -0.3 is 20.1 Å². The number of amides is 2. The molecule has 0 aliphatic heterocycles. The molecule has 8 heteroatoms. The Morgan fingerprint density at radius 3 is 2.31 bits per heavy atom. The minimum absolute atomic E-state index is 0.00672. The SMILES string of the molecule is CCOC(=O)C1CCC(NC(=O)C2(CC(Cc3cccc(C(=O)NC)c3)C(=O)OC(C)(C)C)CCCC2)CC1. The molecule has 2 fully saturated rings. The highest BCUT2D eigenvalue weighted by molar-refractivity contribution is 5.94. The Morgan fingerprint density at radius 2 is 1.72 bits per heavy atom. The summed E-state index contributed by atoms with van der Waals surface area (Å²) in [4.78, 5) is 51.6. The number of benzene rings is 1. The van der Waals surface area contributed by atoms with E-state index >= 15 is 0 Å². The van der Waals surface area contributed by atoms with Crippen LogP contribution < -0.4 is 10.6 Å². The van der Waals surface area contributed by atoms with Crippen molar-refractivity contribution in [1.82, 2.24) is 10.6 Å². The number of rotatable bonds is 10. The van der Waals surface area contributed by atoms with Crippen LogP contribution >= 0.6 is 0 Å². The van der Waals surface area contributed by atoms with Crippen molar-refractivity contribution in [2.24, 2.45) is 17.3 Å². The number of hydrogen-bond donors (Lipinski definition) is 2. The third-order valence-electron chi connectivity index (χ3n) is 8.00. The van der Waals surface area contributed by atoms with Gasteiger partial charge in [0.05, 0.1) is 23.9 Å². The maximum Gasteiger partial charge on any atom is 0.309 e.